The van der Waals surface area contributed by atoms with Crippen molar-refractivity contribution in [3.8, 4) is 0 Å². The zero-order chi connectivity index (χ0) is 16.2. The van der Waals surface area contributed by atoms with Crippen molar-refractivity contribution >= 4 is 17.2 Å². The maximum absolute atomic E-state index is 12.5. The lowest BCUT2D eigenvalue weighted by Crippen LogP contribution is -2.40. The fraction of sp³-hybridized carbons (Fsp3) is 0.444. The van der Waals surface area contributed by atoms with Crippen LogP contribution in [0.25, 0.3) is 0 Å². The Bertz CT molecular complexity index is 663. The molecular formula is C18H22N2O2S. The molecule has 1 amide bonds. The Morgan fingerprint density at radius 2 is 2.22 bits per heavy atom. The summed E-state index contributed by atoms with van der Waals surface area (Å²) in [6.45, 7) is 4.71. The number of thiazole rings is 1. The molecule has 3 rings (SSSR count). The highest BCUT2D eigenvalue weighted by Gasteiger charge is 2.25. The number of amides is 1. The molecule has 0 radical (unpaired) electrons. The van der Waals surface area contributed by atoms with Crippen molar-refractivity contribution < 1.29 is 9.53 Å². The van der Waals surface area contributed by atoms with Gasteiger partial charge in [0.2, 0.25) is 0 Å². The third kappa shape index (κ3) is 3.98. The van der Waals surface area contributed by atoms with Gasteiger partial charge in [0.1, 0.15) is 4.88 Å². The van der Waals surface area contributed by atoms with Gasteiger partial charge in [0.05, 0.1) is 22.8 Å². The Morgan fingerprint density at radius 3 is 2.91 bits per heavy atom. The summed E-state index contributed by atoms with van der Waals surface area (Å²) in [5, 5.41) is 4.04. The highest BCUT2D eigenvalue weighted by molar-refractivity contribution is 7.13. The summed E-state index contributed by atoms with van der Waals surface area (Å²) in [6, 6.07) is 10.2. The largest absolute Gasteiger partial charge is 0.376 e. The normalized spacial score (nSPS) is 18.8. The quantitative estimate of drug-likeness (QED) is 0.915. The van der Waals surface area contributed by atoms with E-state index in [0.29, 0.717) is 4.88 Å². The molecule has 5 heteroatoms. The molecule has 122 valence electrons. The molecule has 2 heterocycles. The Morgan fingerprint density at radius 1 is 1.43 bits per heavy atom. The number of aromatic nitrogens is 1. The summed E-state index contributed by atoms with van der Waals surface area (Å²) in [7, 11) is 0. The van der Waals surface area contributed by atoms with Gasteiger partial charge in [0.25, 0.3) is 5.91 Å². The molecule has 23 heavy (non-hydrogen) atoms. The zero-order valence-electron chi connectivity index (χ0n) is 13.5. The molecule has 4 nitrogen and oxygen atoms in total. The van der Waals surface area contributed by atoms with Gasteiger partial charge in [-0.2, -0.15) is 0 Å². The summed E-state index contributed by atoms with van der Waals surface area (Å²) in [4.78, 5) is 17.8. The molecule has 1 aliphatic rings. The summed E-state index contributed by atoms with van der Waals surface area (Å²) in [5.74, 6) is -0.0395. The van der Waals surface area contributed by atoms with E-state index < -0.39 is 0 Å². The molecule has 0 unspecified atom stereocenters. The van der Waals surface area contributed by atoms with E-state index in [1.165, 1.54) is 16.9 Å². The number of carbonyl (C=O) groups is 1. The van der Waals surface area contributed by atoms with Gasteiger partial charge in [-0.15, -0.1) is 11.3 Å². The molecule has 1 aromatic carbocycles. The molecule has 0 saturated carbocycles. The van der Waals surface area contributed by atoms with Gasteiger partial charge < -0.3 is 10.1 Å². The third-order valence-electron chi connectivity index (χ3n) is 4.13. The van der Waals surface area contributed by atoms with E-state index in [1.807, 2.05) is 32.0 Å². The number of nitrogens with one attached hydrogen (secondary N) is 1. The first-order chi connectivity index (χ1) is 11.1. The Hall–Kier alpha value is -1.72. The van der Waals surface area contributed by atoms with Crippen molar-refractivity contribution in [2.24, 2.45) is 0 Å². The van der Waals surface area contributed by atoms with Gasteiger partial charge in [0, 0.05) is 13.0 Å². The molecule has 1 N–H and O–H groups in total. The number of benzene rings is 1. The van der Waals surface area contributed by atoms with E-state index in [1.54, 1.807) is 0 Å². The van der Waals surface area contributed by atoms with Gasteiger partial charge in [-0.25, -0.2) is 4.98 Å². The average Bonchev–Trinajstić information content (AvgIpc) is 3.18. The second-order valence-corrected chi connectivity index (χ2v) is 7.08. The fourth-order valence-corrected chi connectivity index (χ4v) is 3.87. The van der Waals surface area contributed by atoms with E-state index in [0.717, 1.165) is 36.6 Å². The predicted molar refractivity (Wildman–Crippen MR) is 92.0 cm³/mol. The number of carbonyl (C=O) groups excluding carboxylic acids is 1. The lowest BCUT2D eigenvalue weighted by molar-refractivity contribution is 0.0714. The fourth-order valence-electron chi connectivity index (χ4n) is 2.87. The molecule has 1 aromatic heterocycles. The van der Waals surface area contributed by atoms with Crippen LogP contribution >= 0.6 is 11.3 Å². The van der Waals surface area contributed by atoms with E-state index in [4.69, 9.17) is 4.74 Å². The number of hydrogen-bond acceptors (Lipinski definition) is 4. The molecule has 2 atom stereocenters. The van der Waals surface area contributed by atoms with Gasteiger partial charge in [-0.1, -0.05) is 30.3 Å². The van der Waals surface area contributed by atoms with Crippen LogP contribution in [-0.4, -0.2) is 29.6 Å². The summed E-state index contributed by atoms with van der Waals surface area (Å²) >= 11 is 1.48. The molecule has 1 aliphatic heterocycles. The predicted octanol–water partition coefficient (Wildman–Crippen LogP) is 3.34. The van der Waals surface area contributed by atoms with Crippen molar-refractivity contribution in [2.75, 3.05) is 6.61 Å². The first kappa shape index (κ1) is 16.1. The summed E-state index contributed by atoms with van der Waals surface area (Å²) < 4.78 is 5.64. The Kier molecular flexibility index (Phi) is 5.08. The van der Waals surface area contributed by atoms with Crippen molar-refractivity contribution in [3.05, 3.63) is 51.5 Å². The van der Waals surface area contributed by atoms with Crippen LogP contribution in [0.2, 0.25) is 0 Å². The van der Waals surface area contributed by atoms with E-state index in [2.05, 4.69) is 22.4 Å². The smallest absolute Gasteiger partial charge is 0.263 e. The Labute approximate surface area is 140 Å². The third-order valence-corrected chi connectivity index (χ3v) is 5.28. The van der Waals surface area contributed by atoms with E-state index in [-0.39, 0.29) is 18.1 Å². The standard InChI is InChI=1S/C18H22N2O2S/c1-12(15-9-6-10-22-15)20-18(21)17-13(2)19-16(23-17)11-14-7-4-3-5-8-14/h3-5,7-8,12,15H,6,9-11H2,1-2H3,(H,20,21)/t12-,15+/m0/s1. The van der Waals surface area contributed by atoms with E-state index >= 15 is 0 Å². The molecule has 0 spiro atoms. The number of rotatable bonds is 5. The van der Waals surface area contributed by atoms with Crippen molar-refractivity contribution in [3.63, 3.8) is 0 Å². The lowest BCUT2D eigenvalue weighted by Gasteiger charge is -2.19. The van der Waals surface area contributed by atoms with Crippen molar-refractivity contribution in [1.29, 1.82) is 0 Å². The van der Waals surface area contributed by atoms with Crippen LogP contribution in [0.1, 0.15) is 45.7 Å². The first-order valence-electron chi connectivity index (χ1n) is 8.06. The summed E-state index contributed by atoms with van der Waals surface area (Å²) in [6.07, 6.45) is 2.99. The van der Waals surface area contributed by atoms with Gasteiger partial charge >= 0.3 is 0 Å². The van der Waals surface area contributed by atoms with Crippen LogP contribution in [0.3, 0.4) is 0 Å². The number of hydrogen-bond donors (Lipinski definition) is 1. The highest BCUT2D eigenvalue weighted by Crippen LogP contribution is 2.22. The molecule has 2 aromatic rings. The minimum Gasteiger partial charge on any atom is -0.376 e. The topological polar surface area (TPSA) is 51.2 Å². The van der Waals surface area contributed by atoms with E-state index in [9.17, 15) is 4.79 Å². The molecule has 1 fully saturated rings. The second-order valence-electron chi connectivity index (χ2n) is 6.00. The zero-order valence-corrected chi connectivity index (χ0v) is 14.4. The minimum absolute atomic E-state index is 0.0315. The molecule has 0 bridgehead atoms. The van der Waals surface area contributed by atoms with Gasteiger partial charge in [-0.05, 0) is 32.3 Å². The Balaban J connectivity index is 1.66. The number of nitrogens with zero attached hydrogens (tertiary/aromatic N) is 1. The van der Waals surface area contributed by atoms with Crippen LogP contribution in [0.15, 0.2) is 30.3 Å². The monoisotopic (exact) mass is 330 g/mol. The van der Waals surface area contributed by atoms with Crippen LogP contribution in [0.5, 0.6) is 0 Å². The van der Waals surface area contributed by atoms with Crippen LogP contribution in [0, 0.1) is 6.92 Å². The lowest BCUT2D eigenvalue weighted by atomic mass is 10.1. The second kappa shape index (κ2) is 7.23. The van der Waals surface area contributed by atoms with Crippen molar-refractivity contribution in [2.45, 2.75) is 45.3 Å². The maximum Gasteiger partial charge on any atom is 0.263 e. The molecule has 1 saturated heterocycles. The SMILES string of the molecule is Cc1nc(Cc2ccccc2)sc1C(=O)N[C@@H](C)[C@H]1CCCO1. The van der Waals surface area contributed by atoms with Gasteiger partial charge in [0.15, 0.2) is 0 Å². The highest BCUT2D eigenvalue weighted by atomic mass is 32.1. The number of aryl methyl sites for hydroxylation is 1. The van der Waals surface area contributed by atoms with Crippen LogP contribution in [-0.2, 0) is 11.2 Å². The molecular weight excluding hydrogens is 308 g/mol. The maximum atomic E-state index is 12.5. The van der Waals surface area contributed by atoms with Crippen molar-refractivity contribution in [1.82, 2.24) is 10.3 Å². The average molecular weight is 330 g/mol. The summed E-state index contributed by atoms with van der Waals surface area (Å²) in [5.41, 5.74) is 2.01. The van der Waals surface area contributed by atoms with Gasteiger partial charge in [-0.3, -0.25) is 4.79 Å². The first-order valence-corrected chi connectivity index (χ1v) is 8.88. The van der Waals surface area contributed by atoms with Crippen LogP contribution < -0.4 is 5.32 Å². The molecule has 0 aliphatic carbocycles. The number of ether oxygens (including phenoxy) is 1. The van der Waals surface area contributed by atoms with Crippen LogP contribution in [0.4, 0.5) is 0 Å². The minimum atomic E-state index is -0.0395.